The van der Waals surface area contributed by atoms with Crippen LogP contribution in [0.1, 0.15) is 50.4 Å². The van der Waals surface area contributed by atoms with E-state index < -0.39 is 5.60 Å². The number of carbonyl (C=O) groups is 2. The van der Waals surface area contributed by atoms with E-state index in [0.717, 1.165) is 35.5 Å². The van der Waals surface area contributed by atoms with Crippen LogP contribution in [-0.2, 0) is 29.0 Å². The van der Waals surface area contributed by atoms with E-state index in [0.29, 0.717) is 26.2 Å². The molecule has 0 N–H and O–H groups in total. The second-order valence-corrected chi connectivity index (χ2v) is 10.7. The van der Waals surface area contributed by atoms with Crippen LogP contribution in [0.2, 0.25) is 5.28 Å². The lowest BCUT2D eigenvalue weighted by atomic mass is 10.0. The Morgan fingerprint density at radius 3 is 2.44 bits per heavy atom. The molecule has 3 aliphatic rings. The maximum absolute atomic E-state index is 13.0. The lowest BCUT2D eigenvalue weighted by Crippen LogP contribution is -2.57. The van der Waals surface area contributed by atoms with Gasteiger partial charge in [-0.15, -0.1) is 0 Å². The molecular weight excluding hydrogens is 454 g/mol. The van der Waals surface area contributed by atoms with Crippen LogP contribution >= 0.6 is 11.6 Å². The van der Waals surface area contributed by atoms with Crippen molar-refractivity contribution in [3.05, 3.63) is 52.4 Å². The number of halogens is 1. The molecule has 0 saturated carbocycles. The van der Waals surface area contributed by atoms with Crippen molar-refractivity contribution in [3.8, 4) is 0 Å². The average Bonchev–Trinajstić information content (AvgIpc) is 3.04. The van der Waals surface area contributed by atoms with Crippen LogP contribution in [0.3, 0.4) is 0 Å². The summed E-state index contributed by atoms with van der Waals surface area (Å²) in [4.78, 5) is 40.8. The third-order valence-corrected chi connectivity index (χ3v) is 6.84. The quantitative estimate of drug-likeness (QED) is 0.618. The fraction of sp³-hybridized carbons (Fsp3) is 0.520. The molecule has 4 heterocycles. The molecule has 9 heteroatoms. The molecule has 180 valence electrons. The molecule has 2 fully saturated rings. The van der Waals surface area contributed by atoms with E-state index in [9.17, 15) is 9.59 Å². The summed E-state index contributed by atoms with van der Waals surface area (Å²) in [6, 6.07) is 10.0. The minimum atomic E-state index is -0.529. The van der Waals surface area contributed by atoms with Gasteiger partial charge in [0.25, 0.3) is 0 Å². The number of amides is 2. The normalized spacial score (nSPS) is 22.1. The van der Waals surface area contributed by atoms with Crippen molar-refractivity contribution in [2.75, 3.05) is 18.0 Å². The number of anilines is 1. The summed E-state index contributed by atoms with van der Waals surface area (Å²) >= 11 is 6.35. The number of benzene rings is 1. The van der Waals surface area contributed by atoms with Crippen LogP contribution < -0.4 is 4.90 Å². The number of rotatable bonds is 3. The largest absolute Gasteiger partial charge is 0.444 e. The summed E-state index contributed by atoms with van der Waals surface area (Å²) in [6.07, 6.45) is 1.83. The molecule has 0 radical (unpaired) electrons. The van der Waals surface area contributed by atoms with Crippen molar-refractivity contribution >= 4 is 29.4 Å². The number of aromatic nitrogens is 2. The van der Waals surface area contributed by atoms with Crippen LogP contribution in [-0.4, -0.2) is 62.5 Å². The minimum Gasteiger partial charge on any atom is -0.444 e. The average molecular weight is 484 g/mol. The second kappa shape index (κ2) is 8.73. The summed E-state index contributed by atoms with van der Waals surface area (Å²) in [5.41, 5.74) is 2.20. The fourth-order valence-corrected chi connectivity index (χ4v) is 5.41. The van der Waals surface area contributed by atoms with Gasteiger partial charge in [0.1, 0.15) is 11.4 Å². The summed E-state index contributed by atoms with van der Waals surface area (Å²) in [6.45, 7) is 7.87. The third-order valence-electron chi connectivity index (χ3n) is 6.67. The molecule has 0 spiro atoms. The van der Waals surface area contributed by atoms with E-state index in [2.05, 4.69) is 14.9 Å². The van der Waals surface area contributed by atoms with E-state index in [4.69, 9.17) is 16.3 Å². The molecule has 2 amide bonds. The van der Waals surface area contributed by atoms with E-state index in [-0.39, 0.29) is 35.8 Å². The number of carbonyl (C=O) groups excluding carboxylic acids is 2. The smallest absolute Gasteiger partial charge is 0.410 e. The van der Waals surface area contributed by atoms with E-state index in [1.54, 1.807) is 0 Å². The molecule has 5 rings (SSSR count). The molecule has 2 aromatic rings. The highest BCUT2D eigenvalue weighted by Gasteiger charge is 2.45. The van der Waals surface area contributed by atoms with E-state index in [1.807, 2.05) is 60.9 Å². The predicted octanol–water partition coefficient (Wildman–Crippen LogP) is 3.80. The Kier molecular flexibility index (Phi) is 5.88. The summed E-state index contributed by atoms with van der Waals surface area (Å²) in [5, 5.41) is 0.185. The Morgan fingerprint density at radius 1 is 1.12 bits per heavy atom. The first kappa shape index (κ1) is 22.9. The molecule has 34 heavy (non-hydrogen) atoms. The third kappa shape index (κ3) is 4.56. The number of hydrogen-bond donors (Lipinski definition) is 0. The summed E-state index contributed by atoms with van der Waals surface area (Å²) in [7, 11) is 0. The van der Waals surface area contributed by atoms with Crippen LogP contribution in [0.15, 0.2) is 30.3 Å². The van der Waals surface area contributed by atoms with Gasteiger partial charge < -0.3 is 14.5 Å². The van der Waals surface area contributed by atoms with Crippen molar-refractivity contribution in [3.63, 3.8) is 0 Å². The SMILES string of the molecule is CC(C)(C)OC(=O)N1C2CCC1CN(c1nc(Cl)nc3c1CC(=O)N(Cc1ccccc1)C3)C2. The first-order chi connectivity index (χ1) is 16.2. The number of hydrogen-bond acceptors (Lipinski definition) is 6. The van der Waals surface area contributed by atoms with Crippen molar-refractivity contribution in [1.29, 1.82) is 0 Å². The Bertz CT molecular complexity index is 1090. The Labute approximate surface area is 204 Å². The van der Waals surface area contributed by atoms with E-state index >= 15 is 0 Å². The zero-order valence-electron chi connectivity index (χ0n) is 19.8. The number of nitrogens with zero attached hydrogens (tertiary/aromatic N) is 5. The van der Waals surface area contributed by atoms with Gasteiger partial charge in [0.2, 0.25) is 11.2 Å². The van der Waals surface area contributed by atoms with Crippen molar-refractivity contribution in [1.82, 2.24) is 19.8 Å². The molecule has 8 nitrogen and oxygen atoms in total. The maximum atomic E-state index is 13.0. The summed E-state index contributed by atoms with van der Waals surface area (Å²) < 4.78 is 5.65. The van der Waals surface area contributed by atoms with Gasteiger partial charge in [-0.2, -0.15) is 0 Å². The molecule has 2 saturated heterocycles. The Balaban J connectivity index is 1.37. The molecule has 1 aromatic carbocycles. The second-order valence-electron chi connectivity index (χ2n) is 10.3. The highest BCUT2D eigenvalue weighted by atomic mass is 35.5. The molecule has 2 atom stereocenters. The van der Waals surface area contributed by atoms with Crippen LogP contribution in [0.5, 0.6) is 0 Å². The van der Waals surface area contributed by atoms with Gasteiger partial charge in [-0.05, 0) is 50.8 Å². The molecule has 1 aromatic heterocycles. The van der Waals surface area contributed by atoms with Gasteiger partial charge in [-0.25, -0.2) is 14.8 Å². The van der Waals surface area contributed by atoms with Gasteiger partial charge >= 0.3 is 6.09 Å². The first-order valence-electron chi connectivity index (χ1n) is 11.8. The number of ether oxygens (including phenoxy) is 1. The van der Waals surface area contributed by atoms with Crippen LogP contribution in [0.25, 0.3) is 0 Å². The van der Waals surface area contributed by atoms with Crippen LogP contribution in [0, 0.1) is 0 Å². The maximum Gasteiger partial charge on any atom is 0.410 e. The number of piperazine rings is 1. The van der Waals surface area contributed by atoms with Crippen molar-refractivity contribution in [2.24, 2.45) is 0 Å². The predicted molar refractivity (Wildman–Crippen MR) is 129 cm³/mol. The van der Waals surface area contributed by atoms with Gasteiger partial charge in [-0.3, -0.25) is 9.69 Å². The lowest BCUT2D eigenvalue weighted by molar-refractivity contribution is -0.132. The number of fused-ring (bicyclic) bond motifs is 3. The topological polar surface area (TPSA) is 78.9 Å². The van der Waals surface area contributed by atoms with Crippen molar-refractivity contribution < 1.29 is 14.3 Å². The molecule has 2 unspecified atom stereocenters. The zero-order chi connectivity index (χ0) is 24.0. The molecule has 2 bridgehead atoms. The van der Waals surface area contributed by atoms with E-state index in [1.165, 1.54) is 0 Å². The molecule has 3 aliphatic heterocycles. The molecular formula is C25H30ClN5O3. The fourth-order valence-electron chi connectivity index (χ4n) is 5.23. The summed E-state index contributed by atoms with van der Waals surface area (Å²) in [5.74, 6) is 0.780. The van der Waals surface area contributed by atoms with Gasteiger partial charge in [0.15, 0.2) is 0 Å². The lowest BCUT2D eigenvalue weighted by Gasteiger charge is -2.42. The van der Waals surface area contributed by atoms with Gasteiger partial charge in [0, 0.05) is 25.2 Å². The zero-order valence-corrected chi connectivity index (χ0v) is 20.6. The highest BCUT2D eigenvalue weighted by molar-refractivity contribution is 6.28. The monoisotopic (exact) mass is 483 g/mol. The van der Waals surface area contributed by atoms with Crippen molar-refractivity contribution in [2.45, 2.75) is 70.8 Å². The van der Waals surface area contributed by atoms with Crippen LogP contribution in [0.4, 0.5) is 10.6 Å². The highest BCUT2D eigenvalue weighted by Crippen LogP contribution is 2.36. The Morgan fingerprint density at radius 2 is 1.79 bits per heavy atom. The van der Waals surface area contributed by atoms with Gasteiger partial charge in [-0.1, -0.05) is 30.3 Å². The van der Waals surface area contributed by atoms with Gasteiger partial charge in [0.05, 0.1) is 30.7 Å². The molecule has 0 aliphatic carbocycles. The Hall–Kier alpha value is -2.87. The minimum absolute atomic E-state index is 0.0480. The standard InChI is InChI=1S/C25H30ClN5O3/c1-25(2,3)34-24(33)31-17-9-10-18(31)14-30(13-17)22-19-11-21(32)29(12-16-7-5-4-6-8-16)15-20(19)27-23(26)28-22/h4-8,17-18H,9-15H2,1-3H3. The first-order valence-corrected chi connectivity index (χ1v) is 12.2.